The third kappa shape index (κ3) is 1.80. The minimum Gasteiger partial charge on any atom is -0.347 e. The van der Waals surface area contributed by atoms with Gasteiger partial charge in [-0.2, -0.15) is 0 Å². The molecule has 0 bridgehead atoms. The van der Waals surface area contributed by atoms with Gasteiger partial charge in [-0.25, -0.2) is 4.98 Å². The molecule has 2 unspecified atom stereocenters. The molecule has 1 rings (SSSR count). The first-order chi connectivity index (χ1) is 5.25. The maximum absolute atomic E-state index is 5.90. The molecule has 0 aliphatic carbocycles. The van der Waals surface area contributed by atoms with Gasteiger partial charge in [-0.1, -0.05) is 20.3 Å². The smallest absolute Gasteiger partial charge is 0.123 e. The monoisotopic (exact) mass is 153 g/mol. The maximum atomic E-state index is 5.90. The van der Waals surface area contributed by atoms with Gasteiger partial charge >= 0.3 is 0 Å². The van der Waals surface area contributed by atoms with Crippen molar-refractivity contribution in [1.82, 2.24) is 9.97 Å². The average molecular weight is 153 g/mol. The van der Waals surface area contributed by atoms with E-state index in [-0.39, 0.29) is 6.04 Å². The Morgan fingerprint density at radius 2 is 2.45 bits per heavy atom. The van der Waals surface area contributed by atoms with Crippen LogP contribution in [0.4, 0.5) is 0 Å². The zero-order chi connectivity index (χ0) is 8.27. The molecule has 0 amide bonds. The molecule has 1 heterocycles. The van der Waals surface area contributed by atoms with E-state index in [1.54, 1.807) is 12.4 Å². The molecule has 3 N–H and O–H groups in total. The van der Waals surface area contributed by atoms with Gasteiger partial charge in [-0.15, -0.1) is 0 Å². The van der Waals surface area contributed by atoms with E-state index in [2.05, 4.69) is 23.8 Å². The van der Waals surface area contributed by atoms with Crippen LogP contribution in [0.2, 0.25) is 0 Å². The number of aromatic amines is 1. The highest BCUT2D eigenvalue weighted by atomic mass is 14.9. The van der Waals surface area contributed by atoms with Crippen molar-refractivity contribution in [2.45, 2.75) is 26.3 Å². The van der Waals surface area contributed by atoms with Gasteiger partial charge < -0.3 is 10.7 Å². The first-order valence-corrected chi connectivity index (χ1v) is 4.00. The second-order valence-corrected chi connectivity index (χ2v) is 2.89. The number of hydrogen-bond donors (Lipinski definition) is 2. The minimum atomic E-state index is 0.0509. The van der Waals surface area contributed by atoms with Crippen LogP contribution in [0.3, 0.4) is 0 Å². The number of rotatable bonds is 3. The molecule has 62 valence electrons. The second-order valence-electron chi connectivity index (χ2n) is 2.89. The zero-order valence-electron chi connectivity index (χ0n) is 7.04. The Balaban J connectivity index is 2.62. The summed E-state index contributed by atoms with van der Waals surface area (Å²) in [4.78, 5) is 7.12. The molecule has 2 atom stereocenters. The lowest BCUT2D eigenvalue weighted by Gasteiger charge is -2.15. The summed E-state index contributed by atoms with van der Waals surface area (Å²) < 4.78 is 0. The van der Waals surface area contributed by atoms with Crippen molar-refractivity contribution in [2.75, 3.05) is 0 Å². The van der Waals surface area contributed by atoms with E-state index in [1.807, 2.05) is 0 Å². The fourth-order valence-corrected chi connectivity index (χ4v) is 0.983. The lowest BCUT2D eigenvalue weighted by molar-refractivity contribution is 0.441. The number of nitrogens with one attached hydrogen (secondary N) is 1. The summed E-state index contributed by atoms with van der Waals surface area (Å²) in [5, 5.41) is 0. The molecular weight excluding hydrogens is 138 g/mol. The summed E-state index contributed by atoms with van der Waals surface area (Å²) in [6, 6.07) is 0.0509. The van der Waals surface area contributed by atoms with E-state index in [4.69, 9.17) is 5.73 Å². The van der Waals surface area contributed by atoms with Crippen LogP contribution in [0.25, 0.3) is 0 Å². The number of nitrogens with zero attached hydrogens (tertiary/aromatic N) is 1. The summed E-state index contributed by atoms with van der Waals surface area (Å²) >= 11 is 0. The number of nitrogens with two attached hydrogens (primary N) is 1. The number of imidazole rings is 1. The lowest BCUT2D eigenvalue weighted by Crippen LogP contribution is -2.19. The van der Waals surface area contributed by atoms with E-state index in [1.165, 1.54) is 0 Å². The Morgan fingerprint density at radius 1 is 1.73 bits per heavy atom. The molecule has 0 aliphatic rings. The highest BCUT2D eigenvalue weighted by Crippen LogP contribution is 2.17. The SMILES string of the molecule is CCC(C)C(N)c1ncc[nH]1. The van der Waals surface area contributed by atoms with E-state index < -0.39 is 0 Å². The van der Waals surface area contributed by atoms with Crippen molar-refractivity contribution in [3.8, 4) is 0 Å². The highest BCUT2D eigenvalue weighted by molar-refractivity contribution is 4.95. The zero-order valence-corrected chi connectivity index (χ0v) is 7.04. The van der Waals surface area contributed by atoms with Gasteiger partial charge in [-0.05, 0) is 5.92 Å². The Bertz CT molecular complexity index is 193. The van der Waals surface area contributed by atoms with Gasteiger partial charge in [0.15, 0.2) is 0 Å². The average Bonchev–Trinajstić information content (AvgIpc) is 2.53. The molecule has 0 saturated carbocycles. The standard InChI is InChI=1S/C8H15N3/c1-3-6(2)7(9)8-10-4-5-11-8/h4-7H,3,9H2,1-2H3,(H,10,11). The van der Waals surface area contributed by atoms with Gasteiger partial charge in [0.1, 0.15) is 5.82 Å². The number of hydrogen-bond acceptors (Lipinski definition) is 2. The van der Waals surface area contributed by atoms with Crippen molar-refractivity contribution < 1.29 is 0 Å². The van der Waals surface area contributed by atoms with Gasteiger partial charge in [0.05, 0.1) is 6.04 Å². The minimum absolute atomic E-state index is 0.0509. The van der Waals surface area contributed by atoms with Crippen molar-refractivity contribution in [1.29, 1.82) is 0 Å². The van der Waals surface area contributed by atoms with Crippen molar-refractivity contribution in [3.63, 3.8) is 0 Å². The fourth-order valence-electron chi connectivity index (χ4n) is 0.983. The molecule has 0 fully saturated rings. The molecule has 1 aromatic heterocycles. The second kappa shape index (κ2) is 3.53. The van der Waals surface area contributed by atoms with Crippen LogP contribution in [0.5, 0.6) is 0 Å². The summed E-state index contributed by atoms with van der Waals surface area (Å²) in [7, 11) is 0. The van der Waals surface area contributed by atoms with E-state index in [9.17, 15) is 0 Å². The summed E-state index contributed by atoms with van der Waals surface area (Å²) in [5.41, 5.74) is 5.90. The molecule has 1 aromatic rings. The predicted molar refractivity (Wildman–Crippen MR) is 45.0 cm³/mol. The molecule has 11 heavy (non-hydrogen) atoms. The van der Waals surface area contributed by atoms with E-state index in [0.717, 1.165) is 12.2 Å². The third-order valence-corrected chi connectivity index (χ3v) is 2.09. The first-order valence-electron chi connectivity index (χ1n) is 4.00. The predicted octanol–water partition coefficient (Wildman–Crippen LogP) is 1.46. The van der Waals surface area contributed by atoms with E-state index >= 15 is 0 Å². The molecular formula is C8H15N3. The summed E-state index contributed by atoms with van der Waals surface area (Å²) in [6.07, 6.45) is 4.62. The van der Waals surface area contributed by atoms with E-state index in [0.29, 0.717) is 5.92 Å². The largest absolute Gasteiger partial charge is 0.347 e. The quantitative estimate of drug-likeness (QED) is 0.690. The molecule has 3 heteroatoms. The number of aromatic nitrogens is 2. The van der Waals surface area contributed by atoms with Crippen molar-refractivity contribution in [2.24, 2.45) is 11.7 Å². The van der Waals surface area contributed by atoms with Gasteiger partial charge in [-0.3, -0.25) is 0 Å². The van der Waals surface area contributed by atoms with Crippen molar-refractivity contribution in [3.05, 3.63) is 18.2 Å². The molecule has 0 aromatic carbocycles. The van der Waals surface area contributed by atoms with Gasteiger partial charge in [0.2, 0.25) is 0 Å². The highest BCUT2D eigenvalue weighted by Gasteiger charge is 2.14. The van der Waals surface area contributed by atoms with Crippen LogP contribution in [-0.4, -0.2) is 9.97 Å². The third-order valence-electron chi connectivity index (χ3n) is 2.09. The maximum Gasteiger partial charge on any atom is 0.123 e. The molecule has 3 nitrogen and oxygen atoms in total. The summed E-state index contributed by atoms with van der Waals surface area (Å²) in [5.74, 6) is 1.38. The molecule has 0 saturated heterocycles. The van der Waals surface area contributed by atoms with Crippen LogP contribution < -0.4 is 5.73 Å². The Hall–Kier alpha value is -0.830. The molecule has 0 aliphatic heterocycles. The topological polar surface area (TPSA) is 54.7 Å². The van der Waals surface area contributed by atoms with Gasteiger partial charge in [0.25, 0.3) is 0 Å². The number of H-pyrrole nitrogens is 1. The molecule has 0 spiro atoms. The van der Waals surface area contributed by atoms with Crippen LogP contribution in [0, 0.1) is 5.92 Å². The van der Waals surface area contributed by atoms with Crippen LogP contribution in [0.15, 0.2) is 12.4 Å². The van der Waals surface area contributed by atoms with Crippen molar-refractivity contribution >= 4 is 0 Å². The summed E-state index contributed by atoms with van der Waals surface area (Å²) in [6.45, 7) is 4.26. The van der Waals surface area contributed by atoms with Gasteiger partial charge in [0, 0.05) is 12.4 Å². The Morgan fingerprint density at radius 3 is 2.91 bits per heavy atom. The Kier molecular flexibility index (Phi) is 2.65. The first kappa shape index (κ1) is 8.27. The lowest BCUT2D eigenvalue weighted by atomic mass is 10.00. The molecule has 0 radical (unpaired) electrons. The van der Waals surface area contributed by atoms with Crippen LogP contribution in [-0.2, 0) is 0 Å². The normalized spacial score (nSPS) is 16.3. The van der Waals surface area contributed by atoms with Crippen LogP contribution >= 0.6 is 0 Å². The van der Waals surface area contributed by atoms with Crippen LogP contribution in [0.1, 0.15) is 32.1 Å². The Labute approximate surface area is 67.0 Å². The fraction of sp³-hybridized carbons (Fsp3) is 0.625.